The molecule has 1 aromatic carbocycles. The van der Waals surface area contributed by atoms with E-state index in [1.807, 2.05) is 36.4 Å². The van der Waals surface area contributed by atoms with Crippen molar-refractivity contribution in [3.63, 3.8) is 0 Å². The molecule has 7 nitrogen and oxygen atoms in total. The molecule has 5 rings (SSSR count). The number of sulfone groups is 1. The van der Waals surface area contributed by atoms with Crippen molar-refractivity contribution in [3.8, 4) is 11.3 Å². The number of hydrogen-bond donors (Lipinski definition) is 0. The van der Waals surface area contributed by atoms with Gasteiger partial charge in [0.05, 0.1) is 35.6 Å². The third kappa shape index (κ3) is 3.21. The number of hydrogen-bond acceptors (Lipinski definition) is 6. The highest BCUT2D eigenvalue weighted by Crippen LogP contribution is 2.42. The fourth-order valence-corrected chi connectivity index (χ4v) is 5.73. The number of benzene rings is 1. The molecule has 2 aliphatic rings. The number of carbonyl (C=O) groups excluding carboxylic acids is 1. The molecular weight excluding hydrogens is 390 g/mol. The summed E-state index contributed by atoms with van der Waals surface area (Å²) in [4.78, 5) is 17.5. The highest BCUT2D eigenvalue weighted by atomic mass is 32.2. The van der Waals surface area contributed by atoms with Crippen LogP contribution in [-0.2, 0) is 14.6 Å². The first-order chi connectivity index (χ1) is 14.0. The molecule has 2 aromatic heterocycles. The predicted octanol–water partition coefficient (Wildman–Crippen LogP) is 3.12. The van der Waals surface area contributed by atoms with E-state index >= 15 is 0 Å². The molecule has 0 unspecified atom stereocenters. The lowest BCUT2D eigenvalue weighted by Gasteiger charge is -2.11. The lowest BCUT2D eigenvalue weighted by Crippen LogP contribution is -2.13. The first kappa shape index (κ1) is 18.3. The van der Waals surface area contributed by atoms with Crippen molar-refractivity contribution in [2.75, 3.05) is 18.6 Å². The fraction of sp³-hybridized carbons (Fsp3) is 0.381. The van der Waals surface area contributed by atoms with Gasteiger partial charge in [0, 0.05) is 17.2 Å². The Kier molecular flexibility index (Phi) is 4.20. The van der Waals surface area contributed by atoms with Gasteiger partial charge in [-0.3, -0.25) is 0 Å². The summed E-state index contributed by atoms with van der Waals surface area (Å²) >= 11 is 0. The highest BCUT2D eigenvalue weighted by Gasteiger charge is 2.34. The van der Waals surface area contributed by atoms with Gasteiger partial charge >= 0.3 is 5.97 Å². The smallest absolute Gasteiger partial charge is 0.338 e. The Morgan fingerprint density at radius 1 is 1.17 bits per heavy atom. The van der Waals surface area contributed by atoms with Crippen LogP contribution >= 0.6 is 0 Å². The average molecular weight is 411 g/mol. The van der Waals surface area contributed by atoms with Crippen LogP contribution in [0.3, 0.4) is 0 Å². The SMILES string of the molecule is COC(=O)c1cc(C2CC2)nc2c1c(-c1ccccc1)nn2[C@@H]1CCS(=O)(=O)C1. The number of esters is 1. The second-order valence-corrected chi connectivity index (χ2v) is 10.0. The van der Waals surface area contributed by atoms with E-state index in [-0.39, 0.29) is 17.5 Å². The minimum absolute atomic E-state index is 0.0426. The standard InChI is InChI=1S/C21H21N3O4S/c1-28-21(25)16-11-17(13-7-8-13)22-20-18(16)19(14-5-3-2-4-6-14)23-24(20)15-9-10-29(26,27)12-15/h2-6,11,13,15H,7-10,12H2,1H3/t15-/m1/s1. The number of nitrogens with zero attached hydrogens (tertiary/aromatic N) is 3. The summed E-state index contributed by atoms with van der Waals surface area (Å²) in [7, 11) is -1.73. The van der Waals surface area contributed by atoms with Crippen LogP contribution < -0.4 is 0 Å². The molecule has 150 valence electrons. The Morgan fingerprint density at radius 3 is 2.55 bits per heavy atom. The topological polar surface area (TPSA) is 91.2 Å². The lowest BCUT2D eigenvalue weighted by atomic mass is 10.0. The molecule has 1 aliphatic carbocycles. The van der Waals surface area contributed by atoms with Gasteiger partial charge in [0.25, 0.3) is 0 Å². The number of methoxy groups -OCH3 is 1. The van der Waals surface area contributed by atoms with Crippen LogP contribution in [0.2, 0.25) is 0 Å². The summed E-state index contributed by atoms with van der Waals surface area (Å²) < 4.78 is 31.0. The molecular formula is C21H21N3O4S. The van der Waals surface area contributed by atoms with E-state index in [0.717, 1.165) is 24.1 Å². The molecule has 3 aromatic rings. The first-order valence-corrected chi connectivity index (χ1v) is 11.6. The van der Waals surface area contributed by atoms with Gasteiger partial charge in [0.15, 0.2) is 15.5 Å². The predicted molar refractivity (Wildman–Crippen MR) is 109 cm³/mol. The van der Waals surface area contributed by atoms with Crippen molar-refractivity contribution in [2.24, 2.45) is 0 Å². The van der Waals surface area contributed by atoms with E-state index in [1.165, 1.54) is 7.11 Å². The minimum atomic E-state index is -3.09. The molecule has 1 saturated carbocycles. The van der Waals surface area contributed by atoms with Crippen LogP contribution in [0.25, 0.3) is 22.3 Å². The van der Waals surface area contributed by atoms with Gasteiger partial charge in [-0.2, -0.15) is 5.10 Å². The van der Waals surface area contributed by atoms with Crippen molar-refractivity contribution in [1.82, 2.24) is 14.8 Å². The summed E-state index contributed by atoms with van der Waals surface area (Å²) in [5.41, 5.74) is 3.32. The Bertz CT molecular complexity index is 1210. The largest absolute Gasteiger partial charge is 0.465 e. The van der Waals surface area contributed by atoms with E-state index in [9.17, 15) is 13.2 Å². The molecule has 0 spiro atoms. The summed E-state index contributed by atoms with van der Waals surface area (Å²) in [6.07, 6.45) is 2.57. The molecule has 0 amide bonds. The third-order valence-corrected chi connectivity index (χ3v) is 7.43. The van der Waals surface area contributed by atoms with Crippen LogP contribution in [0.15, 0.2) is 36.4 Å². The van der Waals surface area contributed by atoms with Gasteiger partial charge in [-0.05, 0) is 25.3 Å². The lowest BCUT2D eigenvalue weighted by molar-refractivity contribution is 0.0602. The second-order valence-electron chi connectivity index (χ2n) is 7.78. The zero-order valence-corrected chi connectivity index (χ0v) is 16.9. The van der Waals surface area contributed by atoms with Gasteiger partial charge in [-0.15, -0.1) is 0 Å². The van der Waals surface area contributed by atoms with E-state index in [2.05, 4.69) is 0 Å². The van der Waals surface area contributed by atoms with Crippen LogP contribution in [0.4, 0.5) is 0 Å². The maximum Gasteiger partial charge on any atom is 0.338 e. The third-order valence-electron chi connectivity index (χ3n) is 5.68. The molecule has 29 heavy (non-hydrogen) atoms. The van der Waals surface area contributed by atoms with Gasteiger partial charge < -0.3 is 4.74 Å². The molecule has 0 radical (unpaired) electrons. The van der Waals surface area contributed by atoms with Crippen molar-refractivity contribution in [1.29, 1.82) is 0 Å². The quantitative estimate of drug-likeness (QED) is 0.613. The maximum atomic E-state index is 12.7. The number of ether oxygens (including phenoxy) is 1. The monoisotopic (exact) mass is 411 g/mol. The number of rotatable bonds is 4. The number of pyridine rings is 1. The molecule has 0 bridgehead atoms. The summed E-state index contributed by atoms with van der Waals surface area (Å²) in [5, 5.41) is 5.41. The Labute approximate surface area is 168 Å². The van der Waals surface area contributed by atoms with E-state index in [0.29, 0.717) is 34.6 Å². The number of aromatic nitrogens is 3. The molecule has 2 fully saturated rings. The summed E-state index contributed by atoms with van der Waals surface area (Å²) in [5.74, 6) is 0.0842. The van der Waals surface area contributed by atoms with Crippen molar-refractivity contribution in [3.05, 3.63) is 47.7 Å². The van der Waals surface area contributed by atoms with Crippen molar-refractivity contribution < 1.29 is 17.9 Å². The highest BCUT2D eigenvalue weighted by molar-refractivity contribution is 7.91. The number of fused-ring (bicyclic) bond motifs is 1. The molecule has 3 heterocycles. The van der Waals surface area contributed by atoms with Crippen molar-refractivity contribution in [2.45, 2.75) is 31.2 Å². The molecule has 1 aliphatic heterocycles. The summed E-state index contributed by atoms with van der Waals surface area (Å²) in [6, 6.07) is 11.1. The van der Waals surface area contributed by atoms with E-state index in [4.69, 9.17) is 14.8 Å². The molecule has 0 N–H and O–H groups in total. The van der Waals surface area contributed by atoms with Crippen LogP contribution in [-0.4, -0.2) is 47.8 Å². The van der Waals surface area contributed by atoms with E-state index in [1.54, 1.807) is 4.68 Å². The molecule has 8 heteroatoms. The normalized spacial score (nSPS) is 20.8. The van der Waals surface area contributed by atoms with Crippen molar-refractivity contribution >= 4 is 26.8 Å². The maximum absolute atomic E-state index is 12.7. The van der Waals surface area contributed by atoms with Gasteiger partial charge in [0.2, 0.25) is 0 Å². The average Bonchev–Trinajstić information content (AvgIpc) is 3.42. The minimum Gasteiger partial charge on any atom is -0.465 e. The van der Waals surface area contributed by atoms with E-state index < -0.39 is 15.8 Å². The first-order valence-electron chi connectivity index (χ1n) is 9.74. The Hall–Kier alpha value is -2.74. The van der Waals surface area contributed by atoms with Gasteiger partial charge in [-0.1, -0.05) is 30.3 Å². The fourth-order valence-electron chi connectivity index (χ4n) is 4.04. The van der Waals surface area contributed by atoms with Crippen LogP contribution in [0.5, 0.6) is 0 Å². The zero-order valence-electron chi connectivity index (χ0n) is 16.0. The Morgan fingerprint density at radius 2 is 1.93 bits per heavy atom. The second kappa shape index (κ2) is 6.66. The Balaban J connectivity index is 1.81. The summed E-state index contributed by atoms with van der Waals surface area (Å²) in [6.45, 7) is 0. The van der Waals surface area contributed by atoms with Crippen LogP contribution in [0, 0.1) is 0 Å². The van der Waals surface area contributed by atoms with Gasteiger partial charge in [0.1, 0.15) is 5.69 Å². The van der Waals surface area contributed by atoms with Crippen LogP contribution in [0.1, 0.15) is 47.3 Å². The zero-order chi connectivity index (χ0) is 20.2. The number of carbonyl (C=O) groups is 1. The van der Waals surface area contributed by atoms with Gasteiger partial charge in [-0.25, -0.2) is 22.9 Å². The molecule has 1 saturated heterocycles. The molecule has 1 atom stereocenters.